The number of nitrogens with zero attached hydrogens (tertiary/aromatic N) is 2. The van der Waals surface area contributed by atoms with Crippen LogP contribution in [-0.2, 0) is 19.6 Å². The van der Waals surface area contributed by atoms with Crippen molar-refractivity contribution in [3.8, 4) is 0 Å². The van der Waals surface area contributed by atoms with Gasteiger partial charge in [0.05, 0.1) is 16.6 Å². The lowest BCUT2D eigenvalue weighted by molar-refractivity contribution is 0.0934. The highest BCUT2D eigenvalue weighted by Crippen LogP contribution is 2.27. The maximum atomic E-state index is 12.3. The van der Waals surface area contributed by atoms with Crippen LogP contribution in [0.5, 0.6) is 0 Å². The van der Waals surface area contributed by atoms with Crippen molar-refractivity contribution in [1.82, 2.24) is 15.2 Å². The Hall–Kier alpha value is -2.34. The first kappa shape index (κ1) is 22.3. The van der Waals surface area contributed by atoms with Gasteiger partial charge in [0, 0.05) is 19.1 Å². The van der Waals surface area contributed by atoms with Crippen molar-refractivity contribution in [2.75, 3.05) is 0 Å². The van der Waals surface area contributed by atoms with Crippen LogP contribution in [0.15, 0.2) is 59.2 Å². The van der Waals surface area contributed by atoms with Gasteiger partial charge in [-0.2, -0.15) is 0 Å². The van der Waals surface area contributed by atoms with Crippen molar-refractivity contribution < 1.29 is 9.21 Å². The van der Waals surface area contributed by atoms with Crippen LogP contribution in [0, 0.1) is 0 Å². The van der Waals surface area contributed by atoms with Crippen LogP contribution in [0.4, 0.5) is 0 Å². The van der Waals surface area contributed by atoms with Gasteiger partial charge in [0.1, 0.15) is 6.26 Å². The fraction of sp³-hybridized carbons (Fsp3) is 0.304. The minimum absolute atomic E-state index is 0.0807. The van der Waals surface area contributed by atoms with E-state index >= 15 is 0 Å². The molecule has 30 heavy (non-hydrogen) atoms. The number of oxazole rings is 1. The summed E-state index contributed by atoms with van der Waals surface area (Å²) in [6.45, 7) is 5.62. The van der Waals surface area contributed by atoms with Crippen molar-refractivity contribution >= 4 is 29.1 Å². The largest absolute Gasteiger partial charge is 0.447 e. The van der Waals surface area contributed by atoms with E-state index in [0.717, 1.165) is 17.5 Å². The molecular formula is C23H25Cl2N3O2. The van der Waals surface area contributed by atoms with Crippen molar-refractivity contribution in [3.05, 3.63) is 87.6 Å². The minimum atomic E-state index is -0.230. The van der Waals surface area contributed by atoms with Gasteiger partial charge in [0.2, 0.25) is 5.89 Å². The van der Waals surface area contributed by atoms with E-state index in [9.17, 15) is 4.79 Å². The summed E-state index contributed by atoms with van der Waals surface area (Å²) in [7, 11) is 0. The zero-order valence-electron chi connectivity index (χ0n) is 17.1. The molecule has 7 heteroatoms. The van der Waals surface area contributed by atoms with Gasteiger partial charge >= 0.3 is 0 Å². The SMILES string of the molecule is CCC(C)NC(=O)c1coc(CN(Cc2ccccc2)Cc2cccc(Cl)c2Cl)n1. The fourth-order valence-corrected chi connectivity index (χ4v) is 3.38. The second kappa shape index (κ2) is 10.6. The lowest BCUT2D eigenvalue weighted by Gasteiger charge is -2.22. The van der Waals surface area contributed by atoms with Crippen LogP contribution in [0.1, 0.15) is 47.8 Å². The number of aromatic nitrogens is 1. The highest BCUT2D eigenvalue weighted by Gasteiger charge is 2.18. The van der Waals surface area contributed by atoms with E-state index < -0.39 is 0 Å². The van der Waals surface area contributed by atoms with Crippen molar-refractivity contribution in [2.24, 2.45) is 0 Å². The molecule has 0 saturated heterocycles. The second-order valence-electron chi connectivity index (χ2n) is 7.25. The molecule has 1 heterocycles. The molecule has 0 fully saturated rings. The monoisotopic (exact) mass is 445 g/mol. The van der Waals surface area contributed by atoms with E-state index in [1.54, 1.807) is 6.07 Å². The average Bonchev–Trinajstić information content (AvgIpc) is 3.20. The molecule has 1 aromatic heterocycles. The van der Waals surface area contributed by atoms with Crippen LogP contribution < -0.4 is 5.32 Å². The van der Waals surface area contributed by atoms with Crippen LogP contribution in [0.3, 0.4) is 0 Å². The Kier molecular flexibility index (Phi) is 7.91. The summed E-state index contributed by atoms with van der Waals surface area (Å²) in [6.07, 6.45) is 2.25. The Morgan fingerprint density at radius 1 is 1.10 bits per heavy atom. The Labute approximate surface area is 187 Å². The number of nitrogens with one attached hydrogen (secondary N) is 1. The number of carbonyl (C=O) groups is 1. The molecule has 2 aromatic carbocycles. The van der Waals surface area contributed by atoms with Crippen molar-refractivity contribution in [1.29, 1.82) is 0 Å². The molecule has 1 N–H and O–H groups in total. The predicted octanol–water partition coefficient (Wildman–Crippen LogP) is 5.71. The smallest absolute Gasteiger partial charge is 0.273 e. The molecule has 3 aromatic rings. The fourth-order valence-electron chi connectivity index (χ4n) is 3.00. The van der Waals surface area contributed by atoms with Gasteiger partial charge in [-0.25, -0.2) is 4.98 Å². The summed E-state index contributed by atoms with van der Waals surface area (Å²) in [4.78, 5) is 18.8. The number of carbonyl (C=O) groups excluding carboxylic acids is 1. The van der Waals surface area contributed by atoms with Gasteiger partial charge < -0.3 is 9.73 Å². The van der Waals surface area contributed by atoms with E-state index in [2.05, 4.69) is 27.3 Å². The lowest BCUT2D eigenvalue weighted by atomic mass is 10.1. The highest BCUT2D eigenvalue weighted by molar-refractivity contribution is 6.42. The predicted molar refractivity (Wildman–Crippen MR) is 120 cm³/mol. The van der Waals surface area contributed by atoms with Crippen LogP contribution in [0.25, 0.3) is 0 Å². The first-order valence-electron chi connectivity index (χ1n) is 9.90. The molecule has 0 radical (unpaired) electrons. The van der Waals surface area contributed by atoms with Gasteiger partial charge in [-0.1, -0.05) is 72.6 Å². The average molecular weight is 446 g/mol. The molecular weight excluding hydrogens is 421 g/mol. The van der Waals surface area contributed by atoms with E-state index in [1.165, 1.54) is 6.26 Å². The summed E-state index contributed by atoms with van der Waals surface area (Å²) < 4.78 is 5.59. The topological polar surface area (TPSA) is 58.4 Å². The molecule has 5 nitrogen and oxygen atoms in total. The summed E-state index contributed by atoms with van der Waals surface area (Å²) in [5, 5.41) is 3.96. The van der Waals surface area contributed by atoms with Crippen molar-refractivity contribution in [2.45, 2.75) is 45.9 Å². The summed E-state index contributed by atoms with van der Waals surface area (Å²) >= 11 is 12.6. The van der Waals surface area contributed by atoms with E-state index in [4.69, 9.17) is 27.6 Å². The standard InChI is InChI=1S/C23H25Cl2N3O2/c1-3-16(2)26-23(29)20-15-30-21(27-20)14-28(12-17-8-5-4-6-9-17)13-18-10-7-11-19(24)22(18)25/h4-11,15-16H,3,12-14H2,1-2H3,(H,26,29). The Bertz CT molecular complexity index is 976. The highest BCUT2D eigenvalue weighted by atomic mass is 35.5. The van der Waals surface area contributed by atoms with Crippen LogP contribution >= 0.6 is 23.2 Å². The summed E-state index contributed by atoms with van der Waals surface area (Å²) in [5.74, 6) is 0.241. The Morgan fingerprint density at radius 2 is 1.87 bits per heavy atom. The number of benzene rings is 2. The van der Waals surface area contributed by atoms with Gasteiger partial charge in [-0.3, -0.25) is 9.69 Å². The normalized spacial score (nSPS) is 12.2. The zero-order chi connectivity index (χ0) is 21.5. The maximum absolute atomic E-state index is 12.3. The van der Waals surface area contributed by atoms with Crippen LogP contribution in [0.2, 0.25) is 10.0 Å². The number of hydrogen-bond donors (Lipinski definition) is 1. The quantitative estimate of drug-likeness (QED) is 0.457. The lowest BCUT2D eigenvalue weighted by Crippen LogP contribution is -2.32. The Morgan fingerprint density at radius 3 is 2.60 bits per heavy atom. The number of hydrogen-bond acceptors (Lipinski definition) is 4. The van der Waals surface area contributed by atoms with E-state index in [1.807, 2.05) is 44.2 Å². The molecule has 3 rings (SSSR count). The first-order chi connectivity index (χ1) is 14.5. The van der Waals surface area contributed by atoms with Gasteiger partial charge in [0.25, 0.3) is 5.91 Å². The minimum Gasteiger partial charge on any atom is -0.447 e. The molecule has 1 unspecified atom stereocenters. The molecule has 0 saturated carbocycles. The molecule has 0 aliphatic heterocycles. The molecule has 1 atom stereocenters. The second-order valence-corrected chi connectivity index (χ2v) is 8.04. The number of halogens is 2. The van der Waals surface area contributed by atoms with Gasteiger partial charge in [0.15, 0.2) is 5.69 Å². The maximum Gasteiger partial charge on any atom is 0.273 e. The van der Waals surface area contributed by atoms with Gasteiger partial charge in [-0.05, 0) is 30.5 Å². The zero-order valence-corrected chi connectivity index (χ0v) is 18.6. The Balaban J connectivity index is 1.77. The molecule has 1 amide bonds. The van der Waals surface area contributed by atoms with Gasteiger partial charge in [-0.15, -0.1) is 0 Å². The molecule has 0 spiro atoms. The number of rotatable bonds is 9. The molecule has 0 aliphatic rings. The third kappa shape index (κ3) is 6.08. The van der Waals surface area contributed by atoms with E-state index in [-0.39, 0.29) is 17.6 Å². The van der Waals surface area contributed by atoms with Crippen molar-refractivity contribution in [3.63, 3.8) is 0 Å². The van der Waals surface area contributed by atoms with Crippen LogP contribution in [-0.4, -0.2) is 21.8 Å². The first-order valence-corrected chi connectivity index (χ1v) is 10.7. The molecule has 0 bridgehead atoms. The molecule has 158 valence electrons. The summed E-state index contributed by atoms with van der Waals surface area (Å²) in [6, 6.07) is 15.8. The third-order valence-corrected chi connectivity index (χ3v) is 5.67. The summed E-state index contributed by atoms with van der Waals surface area (Å²) in [5.41, 5.74) is 2.35. The van der Waals surface area contributed by atoms with E-state index in [0.29, 0.717) is 35.6 Å². The third-order valence-electron chi connectivity index (χ3n) is 4.81. The molecule has 0 aliphatic carbocycles. The number of amides is 1.